The molecule has 15 heavy (non-hydrogen) atoms. The first-order valence-electron chi connectivity index (χ1n) is 5.30. The van der Waals surface area contributed by atoms with E-state index in [2.05, 4.69) is 27.0 Å². The first-order valence-corrected chi connectivity index (χ1v) is 6.10. The number of aliphatic hydroxyl groups is 1. The van der Waals surface area contributed by atoms with Crippen molar-refractivity contribution in [2.45, 2.75) is 25.4 Å². The number of rotatable bonds is 0. The number of nitrogens with zero attached hydrogens (tertiary/aromatic N) is 1. The lowest BCUT2D eigenvalue weighted by atomic mass is 9.84. The van der Waals surface area contributed by atoms with E-state index in [0.29, 0.717) is 5.92 Å². The third-order valence-corrected chi connectivity index (χ3v) is 3.78. The SMILES string of the molecule is O[C@@H]1CCCC2=C1N=C1C=CC(Br)=C[C@H]12. The monoisotopic (exact) mass is 265 g/mol. The molecule has 0 saturated heterocycles. The van der Waals surface area contributed by atoms with E-state index < -0.39 is 0 Å². The molecule has 0 bridgehead atoms. The van der Waals surface area contributed by atoms with Gasteiger partial charge in [-0.15, -0.1) is 0 Å². The molecule has 78 valence electrons. The fourth-order valence-corrected chi connectivity index (χ4v) is 2.92. The van der Waals surface area contributed by atoms with Crippen molar-refractivity contribution < 1.29 is 5.11 Å². The smallest absolute Gasteiger partial charge is 0.0959 e. The van der Waals surface area contributed by atoms with Crippen molar-refractivity contribution >= 4 is 21.6 Å². The van der Waals surface area contributed by atoms with E-state index in [0.717, 1.165) is 35.2 Å². The summed E-state index contributed by atoms with van der Waals surface area (Å²) in [5.41, 5.74) is 3.35. The quantitative estimate of drug-likeness (QED) is 0.718. The average Bonchev–Trinajstić information content (AvgIpc) is 2.58. The number of allylic oxidation sites excluding steroid dienone is 5. The summed E-state index contributed by atoms with van der Waals surface area (Å²) in [5, 5.41) is 9.87. The van der Waals surface area contributed by atoms with E-state index in [1.54, 1.807) is 0 Å². The van der Waals surface area contributed by atoms with Gasteiger partial charge in [-0.3, -0.25) is 4.99 Å². The van der Waals surface area contributed by atoms with Gasteiger partial charge in [-0.25, -0.2) is 0 Å². The highest BCUT2D eigenvalue weighted by Gasteiger charge is 2.33. The Bertz CT molecular complexity index is 431. The molecule has 3 rings (SSSR count). The van der Waals surface area contributed by atoms with Gasteiger partial charge in [0.25, 0.3) is 0 Å². The molecule has 1 heterocycles. The number of hydrogen-bond acceptors (Lipinski definition) is 2. The molecule has 0 amide bonds. The van der Waals surface area contributed by atoms with Crippen LogP contribution in [0, 0.1) is 5.92 Å². The third kappa shape index (κ3) is 1.45. The molecule has 0 radical (unpaired) electrons. The van der Waals surface area contributed by atoms with Crippen LogP contribution in [-0.4, -0.2) is 16.9 Å². The highest BCUT2D eigenvalue weighted by molar-refractivity contribution is 9.11. The highest BCUT2D eigenvalue weighted by atomic mass is 79.9. The summed E-state index contributed by atoms with van der Waals surface area (Å²) in [4.78, 5) is 4.54. The van der Waals surface area contributed by atoms with Gasteiger partial charge in [-0.05, 0) is 37.0 Å². The van der Waals surface area contributed by atoms with E-state index >= 15 is 0 Å². The normalized spacial score (nSPS) is 33.5. The van der Waals surface area contributed by atoms with E-state index in [9.17, 15) is 5.11 Å². The minimum atomic E-state index is -0.340. The Hall–Kier alpha value is -0.670. The third-order valence-electron chi connectivity index (χ3n) is 3.25. The van der Waals surface area contributed by atoms with E-state index in [1.807, 2.05) is 12.2 Å². The Morgan fingerprint density at radius 2 is 2.27 bits per heavy atom. The molecule has 1 N–H and O–H groups in total. The van der Waals surface area contributed by atoms with Gasteiger partial charge in [0.15, 0.2) is 0 Å². The van der Waals surface area contributed by atoms with Crippen LogP contribution in [0.25, 0.3) is 0 Å². The van der Waals surface area contributed by atoms with Gasteiger partial charge < -0.3 is 5.11 Å². The van der Waals surface area contributed by atoms with Gasteiger partial charge >= 0.3 is 0 Å². The molecule has 3 heteroatoms. The minimum absolute atomic E-state index is 0.314. The van der Waals surface area contributed by atoms with Crippen molar-refractivity contribution in [1.82, 2.24) is 0 Å². The topological polar surface area (TPSA) is 32.6 Å². The molecule has 3 aliphatic rings. The summed E-state index contributed by atoms with van der Waals surface area (Å²) in [6.45, 7) is 0. The van der Waals surface area contributed by atoms with Crippen molar-refractivity contribution in [3.63, 3.8) is 0 Å². The molecular weight excluding hydrogens is 254 g/mol. The molecule has 0 saturated carbocycles. The predicted octanol–water partition coefficient (Wildman–Crippen LogP) is 2.70. The molecule has 0 fully saturated rings. The van der Waals surface area contributed by atoms with Crippen LogP contribution in [0.1, 0.15) is 19.3 Å². The maximum atomic E-state index is 9.87. The maximum Gasteiger partial charge on any atom is 0.0959 e. The van der Waals surface area contributed by atoms with Crippen LogP contribution in [0.15, 0.2) is 39.0 Å². The fourth-order valence-electron chi connectivity index (χ4n) is 2.52. The Labute approximate surface area is 97.2 Å². The number of fused-ring (bicyclic) bond motifs is 2. The fraction of sp³-hybridized carbons (Fsp3) is 0.417. The van der Waals surface area contributed by atoms with Crippen LogP contribution in [0.3, 0.4) is 0 Å². The van der Waals surface area contributed by atoms with Gasteiger partial charge in [0, 0.05) is 10.4 Å². The predicted molar refractivity (Wildman–Crippen MR) is 64.0 cm³/mol. The summed E-state index contributed by atoms with van der Waals surface area (Å²) in [6, 6.07) is 0. The minimum Gasteiger partial charge on any atom is -0.387 e. The summed E-state index contributed by atoms with van der Waals surface area (Å²) < 4.78 is 1.11. The van der Waals surface area contributed by atoms with E-state index in [4.69, 9.17) is 0 Å². The van der Waals surface area contributed by atoms with Crippen molar-refractivity contribution in [2.24, 2.45) is 10.9 Å². The summed E-state index contributed by atoms with van der Waals surface area (Å²) in [5.74, 6) is 0.314. The first kappa shape index (κ1) is 9.55. The molecule has 2 atom stereocenters. The lowest BCUT2D eigenvalue weighted by molar-refractivity contribution is 0.187. The maximum absolute atomic E-state index is 9.87. The van der Waals surface area contributed by atoms with Crippen LogP contribution >= 0.6 is 15.9 Å². The second-order valence-electron chi connectivity index (χ2n) is 4.22. The van der Waals surface area contributed by atoms with Crippen molar-refractivity contribution in [3.05, 3.63) is 34.0 Å². The molecule has 2 nitrogen and oxygen atoms in total. The Kier molecular flexibility index (Phi) is 2.18. The molecule has 0 unspecified atom stereocenters. The van der Waals surface area contributed by atoms with Crippen molar-refractivity contribution in [1.29, 1.82) is 0 Å². The van der Waals surface area contributed by atoms with Crippen molar-refractivity contribution in [2.75, 3.05) is 0 Å². The Balaban J connectivity index is 2.05. The zero-order chi connectivity index (χ0) is 10.4. The van der Waals surface area contributed by atoms with Crippen LogP contribution < -0.4 is 0 Å². The Morgan fingerprint density at radius 3 is 3.13 bits per heavy atom. The zero-order valence-corrected chi connectivity index (χ0v) is 9.87. The number of halogens is 1. The molecule has 0 aromatic carbocycles. The first-order chi connectivity index (χ1) is 7.25. The Morgan fingerprint density at radius 1 is 1.40 bits per heavy atom. The van der Waals surface area contributed by atoms with Gasteiger partial charge in [-0.2, -0.15) is 0 Å². The number of aliphatic hydroxyl groups excluding tert-OH is 1. The highest BCUT2D eigenvalue weighted by Crippen LogP contribution is 2.40. The standard InChI is InChI=1S/C12H12BrNO/c13-7-4-5-10-9(6-7)8-2-1-3-11(15)12(8)14-10/h4-6,9,11,15H,1-3H2/t9-,11+/m0/s1. The van der Waals surface area contributed by atoms with E-state index in [1.165, 1.54) is 5.57 Å². The lowest BCUT2D eigenvalue weighted by Gasteiger charge is -2.21. The van der Waals surface area contributed by atoms with Gasteiger partial charge in [0.05, 0.1) is 17.5 Å². The van der Waals surface area contributed by atoms with Crippen LogP contribution in [0.2, 0.25) is 0 Å². The number of hydrogen-bond donors (Lipinski definition) is 1. The van der Waals surface area contributed by atoms with E-state index in [-0.39, 0.29) is 6.10 Å². The van der Waals surface area contributed by atoms with Gasteiger partial charge in [0.1, 0.15) is 0 Å². The summed E-state index contributed by atoms with van der Waals surface area (Å²) >= 11 is 3.49. The molecule has 0 spiro atoms. The summed E-state index contributed by atoms with van der Waals surface area (Å²) in [6.07, 6.45) is 8.91. The second kappa shape index (κ2) is 3.42. The largest absolute Gasteiger partial charge is 0.387 e. The van der Waals surface area contributed by atoms with Crippen molar-refractivity contribution in [3.8, 4) is 0 Å². The van der Waals surface area contributed by atoms with Crippen LogP contribution in [0.5, 0.6) is 0 Å². The van der Waals surface area contributed by atoms with Gasteiger partial charge in [0.2, 0.25) is 0 Å². The molecule has 1 aliphatic heterocycles. The van der Waals surface area contributed by atoms with Crippen LogP contribution in [-0.2, 0) is 0 Å². The second-order valence-corrected chi connectivity index (χ2v) is 5.13. The lowest BCUT2D eigenvalue weighted by Crippen LogP contribution is -2.17. The molecular formula is C12H12BrNO. The number of aliphatic imine (C=N–C) groups is 1. The summed E-state index contributed by atoms with van der Waals surface area (Å²) in [7, 11) is 0. The van der Waals surface area contributed by atoms with Gasteiger partial charge in [-0.1, -0.05) is 22.0 Å². The molecule has 2 aliphatic carbocycles. The molecule has 0 aromatic rings. The molecule has 0 aromatic heterocycles. The van der Waals surface area contributed by atoms with Crippen LogP contribution in [0.4, 0.5) is 0 Å². The zero-order valence-electron chi connectivity index (χ0n) is 8.28. The average molecular weight is 266 g/mol.